The molecule has 0 aliphatic heterocycles. The maximum absolute atomic E-state index is 5.19. The molecule has 0 N–H and O–H groups in total. The Balaban J connectivity index is 2.79. The smallest absolute Gasteiger partial charge is 0.121 e. The summed E-state index contributed by atoms with van der Waals surface area (Å²) >= 11 is 8.40. The van der Waals surface area contributed by atoms with Crippen LogP contribution in [0.4, 0.5) is 0 Å². The summed E-state index contributed by atoms with van der Waals surface area (Å²) in [7, 11) is 1.69. The van der Waals surface area contributed by atoms with Crippen molar-refractivity contribution in [2.45, 2.75) is 4.90 Å². The van der Waals surface area contributed by atoms with Gasteiger partial charge in [-0.15, -0.1) is 24.0 Å². The van der Waals surface area contributed by atoms with E-state index in [0.717, 1.165) is 10.6 Å². The highest BCUT2D eigenvalue weighted by molar-refractivity contribution is 14.1. The number of hydrogen-bond acceptors (Lipinski definition) is 3. The highest BCUT2D eigenvalue weighted by Crippen LogP contribution is 2.35. The van der Waals surface area contributed by atoms with Crippen LogP contribution in [0.2, 0.25) is 0 Å². The normalized spacial score (nSPS) is 10.7. The molecule has 0 saturated carbocycles. The zero-order valence-electron chi connectivity index (χ0n) is 6.87. The molecular formula is C9H7IOS2. The Hall–Kier alpha value is 0.0600. The molecule has 0 amide bonds. The number of fused-ring (bicyclic) bond motifs is 1. The van der Waals surface area contributed by atoms with Crippen molar-refractivity contribution in [1.29, 1.82) is 0 Å². The number of rotatable bonds is 1. The first-order valence-electron chi connectivity index (χ1n) is 3.66. The lowest BCUT2D eigenvalue weighted by Gasteiger charge is -2.01. The molecule has 1 heterocycles. The average molecular weight is 322 g/mol. The Bertz CT molecular complexity index is 450. The Morgan fingerprint density at radius 1 is 1.46 bits per heavy atom. The van der Waals surface area contributed by atoms with Crippen LogP contribution in [0.5, 0.6) is 5.75 Å². The van der Waals surface area contributed by atoms with E-state index in [4.69, 9.17) is 4.74 Å². The average Bonchev–Trinajstić information content (AvgIpc) is 2.48. The van der Waals surface area contributed by atoms with E-state index in [9.17, 15) is 0 Å². The van der Waals surface area contributed by atoms with Gasteiger partial charge in [-0.2, -0.15) is 0 Å². The van der Waals surface area contributed by atoms with Gasteiger partial charge in [-0.3, -0.25) is 0 Å². The number of benzene rings is 1. The number of ether oxygens (including phenoxy) is 1. The molecule has 0 saturated heterocycles. The van der Waals surface area contributed by atoms with Gasteiger partial charge in [0, 0.05) is 23.9 Å². The predicted molar refractivity (Wildman–Crippen MR) is 68.3 cm³/mol. The van der Waals surface area contributed by atoms with Crippen LogP contribution in [0.15, 0.2) is 22.4 Å². The van der Waals surface area contributed by atoms with Gasteiger partial charge in [0.15, 0.2) is 0 Å². The minimum atomic E-state index is 0.909. The molecule has 0 atom stereocenters. The lowest BCUT2D eigenvalue weighted by molar-refractivity contribution is 0.415. The largest absolute Gasteiger partial charge is 0.497 e. The molecule has 0 unspecified atom stereocenters. The summed E-state index contributed by atoms with van der Waals surface area (Å²) < 4.78 is 7.61. The third-order valence-electron chi connectivity index (χ3n) is 1.82. The fraction of sp³-hybridized carbons (Fsp3) is 0.111. The van der Waals surface area contributed by atoms with Gasteiger partial charge in [0.05, 0.1) is 7.11 Å². The van der Waals surface area contributed by atoms with Crippen LogP contribution >= 0.6 is 46.6 Å². The fourth-order valence-corrected chi connectivity index (χ4v) is 3.83. The van der Waals surface area contributed by atoms with Gasteiger partial charge in [0.1, 0.15) is 5.75 Å². The van der Waals surface area contributed by atoms with E-state index in [-0.39, 0.29) is 0 Å². The maximum Gasteiger partial charge on any atom is 0.121 e. The van der Waals surface area contributed by atoms with Crippen molar-refractivity contribution < 1.29 is 4.74 Å². The first kappa shape index (κ1) is 9.61. The van der Waals surface area contributed by atoms with Crippen LogP contribution in [0, 0.1) is 3.57 Å². The standard InChI is InChI=1S/C9H7IOS2/c1-11-5-2-6(10)9-7(12)4-13-8(9)3-5/h2-4,12H,1H3. The predicted octanol–water partition coefficient (Wildman–Crippen LogP) is 3.80. The van der Waals surface area contributed by atoms with Crippen LogP contribution in [-0.4, -0.2) is 7.11 Å². The quantitative estimate of drug-likeness (QED) is 0.621. The minimum Gasteiger partial charge on any atom is -0.497 e. The third kappa shape index (κ3) is 1.67. The SMILES string of the molecule is COc1cc(I)c2c(S)csc2c1. The summed E-state index contributed by atoms with van der Waals surface area (Å²) in [4.78, 5) is 1.05. The summed E-state index contributed by atoms with van der Waals surface area (Å²) in [5, 5.41) is 3.28. The summed E-state index contributed by atoms with van der Waals surface area (Å²) in [5.74, 6) is 0.909. The second-order valence-electron chi connectivity index (χ2n) is 2.60. The fourth-order valence-electron chi connectivity index (χ4n) is 1.20. The van der Waals surface area contributed by atoms with Crippen LogP contribution in [0.1, 0.15) is 0 Å². The molecule has 13 heavy (non-hydrogen) atoms. The first-order chi connectivity index (χ1) is 6.22. The molecule has 2 rings (SSSR count). The van der Waals surface area contributed by atoms with Crippen molar-refractivity contribution in [2.75, 3.05) is 7.11 Å². The number of thiol groups is 1. The van der Waals surface area contributed by atoms with Gasteiger partial charge in [-0.1, -0.05) is 0 Å². The molecule has 0 bridgehead atoms. The summed E-state index contributed by atoms with van der Waals surface area (Å²) in [5.41, 5.74) is 0. The van der Waals surface area contributed by atoms with Crippen molar-refractivity contribution in [3.05, 3.63) is 21.1 Å². The van der Waals surface area contributed by atoms with Crippen molar-refractivity contribution >= 4 is 56.6 Å². The highest BCUT2D eigenvalue weighted by Gasteiger charge is 2.06. The van der Waals surface area contributed by atoms with E-state index in [1.54, 1.807) is 18.4 Å². The molecular weight excluding hydrogens is 315 g/mol. The van der Waals surface area contributed by atoms with Gasteiger partial charge in [-0.05, 0) is 34.7 Å². The Labute approximate surface area is 99.6 Å². The molecule has 4 heteroatoms. The van der Waals surface area contributed by atoms with Crippen LogP contribution in [-0.2, 0) is 0 Å². The zero-order chi connectivity index (χ0) is 9.42. The van der Waals surface area contributed by atoms with Crippen LogP contribution < -0.4 is 4.74 Å². The van der Waals surface area contributed by atoms with E-state index < -0.39 is 0 Å². The van der Waals surface area contributed by atoms with Gasteiger partial charge in [-0.25, -0.2) is 0 Å². The molecule has 0 fully saturated rings. The summed E-state index contributed by atoms with van der Waals surface area (Å²) in [6, 6.07) is 4.07. The monoisotopic (exact) mass is 322 g/mol. The molecule has 0 aliphatic carbocycles. The van der Waals surface area contributed by atoms with Crippen molar-refractivity contribution in [3.63, 3.8) is 0 Å². The number of halogens is 1. The van der Waals surface area contributed by atoms with Crippen LogP contribution in [0.3, 0.4) is 0 Å². The Kier molecular flexibility index (Phi) is 2.71. The number of thiophene rings is 1. The first-order valence-corrected chi connectivity index (χ1v) is 6.06. The molecule has 0 aliphatic rings. The minimum absolute atomic E-state index is 0.909. The Morgan fingerprint density at radius 3 is 2.92 bits per heavy atom. The van der Waals surface area contributed by atoms with E-state index in [0.29, 0.717) is 0 Å². The van der Waals surface area contributed by atoms with E-state index in [2.05, 4.69) is 40.6 Å². The van der Waals surface area contributed by atoms with Gasteiger partial charge in [0.2, 0.25) is 0 Å². The van der Waals surface area contributed by atoms with Gasteiger partial charge < -0.3 is 4.74 Å². The molecule has 68 valence electrons. The lowest BCUT2D eigenvalue weighted by atomic mass is 10.2. The summed E-state index contributed by atoms with van der Waals surface area (Å²) in [6.45, 7) is 0. The Morgan fingerprint density at radius 2 is 2.23 bits per heavy atom. The second-order valence-corrected chi connectivity index (χ2v) is 5.16. The molecule has 1 nitrogen and oxygen atoms in total. The molecule has 0 spiro atoms. The number of methoxy groups -OCH3 is 1. The van der Waals surface area contributed by atoms with Crippen molar-refractivity contribution in [1.82, 2.24) is 0 Å². The maximum atomic E-state index is 5.19. The van der Waals surface area contributed by atoms with Gasteiger partial charge in [0.25, 0.3) is 0 Å². The molecule has 1 aromatic carbocycles. The molecule has 2 aromatic rings. The lowest BCUT2D eigenvalue weighted by Crippen LogP contribution is -1.83. The number of hydrogen-bond donors (Lipinski definition) is 1. The zero-order valence-corrected chi connectivity index (χ0v) is 10.7. The van der Waals surface area contributed by atoms with Crippen LogP contribution in [0.25, 0.3) is 10.1 Å². The third-order valence-corrected chi connectivity index (χ3v) is 4.12. The molecule has 0 radical (unpaired) electrons. The van der Waals surface area contributed by atoms with Crippen molar-refractivity contribution in [2.24, 2.45) is 0 Å². The van der Waals surface area contributed by atoms with Gasteiger partial charge >= 0.3 is 0 Å². The molecule has 1 aromatic heterocycles. The topological polar surface area (TPSA) is 9.23 Å². The van der Waals surface area contributed by atoms with E-state index in [1.807, 2.05) is 12.1 Å². The highest BCUT2D eigenvalue weighted by atomic mass is 127. The summed E-state index contributed by atoms with van der Waals surface area (Å²) in [6.07, 6.45) is 0. The second kappa shape index (κ2) is 3.67. The van der Waals surface area contributed by atoms with E-state index >= 15 is 0 Å². The van der Waals surface area contributed by atoms with E-state index in [1.165, 1.54) is 13.7 Å². The van der Waals surface area contributed by atoms with Crippen molar-refractivity contribution in [3.8, 4) is 5.75 Å².